The first kappa shape index (κ1) is 17.9. The maximum absolute atomic E-state index is 12.3. The third-order valence-corrected chi connectivity index (χ3v) is 5.40. The van der Waals surface area contributed by atoms with Gasteiger partial charge in [0.2, 0.25) is 15.9 Å². The van der Waals surface area contributed by atoms with Crippen molar-refractivity contribution in [1.29, 1.82) is 0 Å². The number of hydrogen-bond donors (Lipinski definition) is 3. The van der Waals surface area contributed by atoms with Crippen LogP contribution in [0.3, 0.4) is 0 Å². The van der Waals surface area contributed by atoms with Crippen LogP contribution in [0.1, 0.15) is 12.8 Å². The van der Waals surface area contributed by atoms with Gasteiger partial charge in [0.05, 0.1) is 4.90 Å². The molecule has 23 heavy (non-hydrogen) atoms. The zero-order valence-electron chi connectivity index (χ0n) is 13.3. The number of rotatable bonds is 6. The second-order valence-corrected chi connectivity index (χ2v) is 7.55. The Morgan fingerprint density at radius 2 is 2.04 bits per heavy atom. The number of anilines is 1. The lowest BCUT2D eigenvalue weighted by atomic mass is 9.96. The number of carbonyl (C=O) groups excluding carboxylic acids is 1. The SMILES string of the molecule is CN1CCC(C(=O)Nc2cccc(S(=O)(=O)NCCN)c2)CC1. The van der Waals surface area contributed by atoms with Crippen molar-refractivity contribution in [2.24, 2.45) is 11.7 Å². The Kier molecular flexibility index (Phi) is 6.11. The molecule has 0 bridgehead atoms. The van der Waals surface area contributed by atoms with Gasteiger partial charge in [0.1, 0.15) is 0 Å². The molecule has 2 rings (SSSR count). The number of amides is 1. The summed E-state index contributed by atoms with van der Waals surface area (Å²) in [4.78, 5) is 14.6. The number of hydrogen-bond acceptors (Lipinski definition) is 5. The van der Waals surface area contributed by atoms with Crippen LogP contribution in [0.4, 0.5) is 5.69 Å². The number of nitrogens with one attached hydrogen (secondary N) is 2. The van der Waals surface area contributed by atoms with Gasteiger partial charge in [-0.25, -0.2) is 13.1 Å². The fraction of sp³-hybridized carbons (Fsp3) is 0.533. The van der Waals surface area contributed by atoms with E-state index in [1.165, 1.54) is 12.1 Å². The van der Waals surface area contributed by atoms with Crippen LogP contribution in [0.25, 0.3) is 0 Å². The number of carbonyl (C=O) groups is 1. The Balaban J connectivity index is 2.04. The average Bonchev–Trinajstić information content (AvgIpc) is 2.54. The van der Waals surface area contributed by atoms with Gasteiger partial charge in [0.15, 0.2) is 0 Å². The first-order valence-electron chi connectivity index (χ1n) is 7.71. The van der Waals surface area contributed by atoms with Crippen molar-refractivity contribution in [3.63, 3.8) is 0 Å². The highest BCUT2D eigenvalue weighted by Crippen LogP contribution is 2.20. The number of nitrogens with zero attached hydrogens (tertiary/aromatic N) is 1. The van der Waals surface area contributed by atoms with Gasteiger partial charge >= 0.3 is 0 Å². The Morgan fingerprint density at radius 1 is 1.35 bits per heavy atom. The maximum Gasteiger partial charge on any atom is 0.240 e. The second-order valence-electron chi connectivity index (χ2n) is 5.78. The van der Waals surface area contributed by atoms with Gasteiger partial charge in [-0.2, -0.15) is 0 Å². The summed E-state index contributed by atoms with van der Waals surface area (Å²) < 4.78 is 26.6. The summed E-state index contributed by atoms with van der Waals surface area (Å²) in [6.45, 7) is 2.20. The van der Waals surface area contributed by atoms with Crippen molar-refractivity contribution >= 4 is 21.6 Å². The summed E-state index contributed by atoms with van der Waals surface area (Å²) >= 11 is 0. The van der Waals surface area contributed by atoms with E-state index in [9.17, 15) is 13.2 Å². The van der Waals surface area contributed by atoms with Crippen LogP contribution >= 0.6 is 0 Å². The molecule has 8 heteroatoms. The van der Waals surface area contributed by atoms with Gasteiger partial charge in [-0.15, -0.1) is 0 Å². The van der Waals surface area contributed by atoms with Crippen molar-refractivity contribution in [3.8, 4) is 0 Å². The van der Waals surface area contributed by atoms with E-state index in [1.54, 1.807) is 12.1 Å². The van der Waals surface area contributed by atoms with Crippen LogP contribution < -0.4 is 15.8 Å². The van der Waals surface area contributed by atoms with Gasteiger partial charge in [-0.1, -0.05) is 6.07 Å². The lowest BCUT2D eigenvalue weighted by Gasteiger charge is -2.28. The zero-order chi connectivity index (χ0) is 16.9. The summed E-state index contributed by atoms with van der Waals surface area (Å²) in [6, 6.07) is 6.26. The molecule has 1 amide bonds. The predicted molar refractivity (Wildman–Crippen MR) is 89.5 cm³/mol. The maximum atomic E-state index is 12.3. The third kappa shape index (κ3) is 5.00. The topological polar surface area (TPSA) is 105 Å². The minimum atomic E-state index is -3.60. The summed E-state index contributed by atoms with van der Waals surface area (Å²) in [5.41, 5.74) is 5.80. The van der Waals surface area contributed by atoms with E-state index in [1.807, 2.05) is 7.05 Å². The van der Waals surface area contributed by atoms with Gasteiger partial charge < -0.3 is 16.0 Å². The summed E-state index contributed by atoms with van der Waals surface area (Å²) in [6.07, 6.45) is 1.64. The molecule has 1 aromatic carbocycles. The predicted octanol–water partition coefficient (Wildman–Crippen LogP) is 0.204. The Bertz CT molecular complexity index is 640. The molecular formula is C15H24N4O3S. The molecule has 0 aromatic heterocycles. The van der Waals surface area contributed by atoms with Crippen molar-refractivity contribution in [2.45, 2.75) is 17.7 Å². The van der Waals surface area contributed by atoms with Gasteiger partial charge in [-0.05, 0) is 51.2 Å². The monoisotopic (exact) mass is 340 g/mol. The van der Waals surface area contributed by atoms with Crippen molar-refractivity contribution in [2.75, 3.05) is 38.5 Å². The number of likely N-dealkylation sites (tertiary alicyclic amines) is 1. The second kappa shape index (κ2) is 7.87. The highest BCUT2D eigenvalue weighted by Gasteiger charge is 2.23. The molecule has 1 fully saturated rings. The minimum absolute atomic E-state index is 0.0261. The highest BCUT2D eigenvalue weighted by atomic mass is 32.2. The molecule has 7 nitrogen and oxygen atoms in total. The minimum Gasteiger partial charge on any atom is -0.329 e. The van der Waals surface area contributed by atoms with Crippen LogP contribution in [0.15, 0.2) is 29.2 Å². The molecule has 1 saturated heterocycles. The normalized spacial score (nSPS) is 17.1. The molecule has 1 aliphatic heterocycles. The van der Waals surface area contributed by atoms with Gasteiger partial charge in [0.25, 0.3) is 0 Å². The van der Waals surface area contributed by atoms with E-state index >= 15 is 0 Å². The Hall–Kier alpha value is -1.48. The first-order valence-corrected chi connectivity index (χ1v) is 9.20. The number of benzene rings is 1. The molecule has 0 atom stereocenters. The van der Waals surface area contributed by atoms with Crippen LogP contribution in [0.5, 0.6) is 0 Å². The standard InChI is InChI=1S/C15H24N4O3S/c1-19-9-5-12(6-10-19)15(20)18-13-3-2-4-14(11-13)23(21,22)17-8-7-16/h2-4,11-12,17H,5-10,16H2,1H3,(H,18,20). The van der Waals surface area contributed by atoms with Crippen molar-refractivity contribution in [1.82, 2.24) is 9.62 Å². The van der Waals surface area contributed by atoms with Crippen molar-refractivity contribution < 1.29 is 13.2 Å². The Morgan fingerprint density at radius 3 is 2.70 bits per heavy atom. The van der Waals surface area contributed by atoms with Crippen molar-refractivity contribution in [3.05, 3.63) is 24.3 Å². The van der Waals surface area contributed by atoms with Gasteiger partial charge in [0, 0.05) is 24.7 Å². The third-order valence-electron chi connectivity index (χ3n) is 3.94. The summed E-state index contributed by atoms with van der Waals surface area (Å²) in [5.74, 6) is -0.0793. The van der Waals surface area contributed by atoms with E-state index in [0.717, 1.165) is 25.9 Å². The molecule has 0 aliphatic carbocycles. The molecule has 4 N–H and O–H groups in total. The van der Waals surface area contributed by atoms with Crippen LogP contribution in [0.2, 0.25) is 0 Å². The molecule has 128 valence electrons. The summed E-state index contributed by atoms with van der Waals surface area (Å²) in [7, 11) is -1.56. The molecule has 0 spiro atoms. The lowest BCUT2D eigenvalue weighted by Crippen LogP contribution is -2.36. The van der Waals surface area contributed by atoms with E-state index in [2.05, 4.69) is 14.9 Å². The molecule has 0 unspecified atom stereocenters. The molecular weight excluding hydrogens is 316 g/mol. The van der Waals surface area contributed by atoms with E-state index in [0.29, 0.717) is 5.69 Å². The summed E-state index contributed by atoms with van der Waals surface area (Å²) in [5, 5.41) is 2.82. The van der Waals surface area contributed by atoms with E-state index in [-0.39, 0.29) is 29.8 Å². The lowest BCUT2D eigenvalue weighted by molar-refractivity contribution is -0.121. The van der Waals surface area contributed by atoms with E-state index < -0.39 is 10.0 Å². The van der Waals surface area contributed by atoms with Crippen LogP contribution in [0, 0.1) is 5.92 Å². The quantitative estimate of drug-likeness (QED) is 0.686. The number of piperidine rings is 1. The Labute approximate surface area is 137 Å². The molecule has 1 heterocycles. The zero-order valence-corrected chi connectivity index (χ0v) is 14.1. The number of nitrogens with two attached hydrogens (primary N) is 1. The van der Waals surface area contributed by atoms with Gasteiger partial charge in [-0.3, -0.25) is 4.79 Å². The smallest absolute Gasteiger partial charge is 0.240 e. The largest absolute Gasteiger partial charge is 0.329 e. The molecule has 0 radical (unpaired) electrons. The molecule has 1 aromatic rings. The molecule has 1 aliphatic rings. The highest BCUT2D eigenvalue weighted by molar-refractivity contribution is 7.89. The van der Waals surface area contributed by atoms with E-state index in [4.69, 9.17) is 5.73 Å². The fourth-order valence-electron chi connectivity index (χ4n) is 2.53. The fourth-order valence-corrected chi connectivity index (χ4v) is 3.63. The van der Waals surface area contributed by atoms with Crippen LogP contribution in [-0.4, -0.2) is 52.5 Å². The first-order chi connectivity index (χ1) is 10.9. The van der Waals surface area contributed by atoms with Crippen LogP contribution in [-0.2, 0) is 14.8 Å². The molecule has 0 saturated carbocycles. The average molecular weight is 340 g/mol. The number of sulfonamides is 1.